The summed E-state index contributed by atoms with van der Waals surface area (Å²) in [5, 5.41) is 12.2. The number of allylic oxidation sites excluding steroid dienone is 1. The number of esters is 1. The van der Waals surface area contributed by atoms with E-state index in [2.05, 4.69) is 4.99 Å². The molecule has 9 nitrogen and oxygen atoms in total. The Morgan fingerprint density at radius 1 is 1.20 bits per heavy atom. The Labute approximate surface area is 241 Å². The van der Waals surface area contributed by atoms with E-state index in [1.807, 2.05) is 0 Å². The monoisotopic (exact) mass is 597 g/mol. The predicted molar refractivity (Wildman–Crippen MR) is 152 cm³/mol. The molecule has 2 aromatic heterocycles. The molecule has 0 N–H and O–H groups in total. The number of rotatable bonds is 6. The number of non-ortho nitro benzene ring substituents is 1. The summed E-state index contributed by atoms with van der Waals surface area (Å²) in [5.41, 5.74) is 1.91. The first-order chi connectivity index (χ1) is 19.1. The molecule has 0 amide bonds. The minimum atomic E-state index is -0.981. The molecule has 204 valence electrons. The van der Waals surface area contributed by atoms with Gasteiger partial charge in [0.25, 0.3) is 11.2 Å². The van der Waals surface area contributed by atoms with Crippen LogP contribution in [0.4, 0.5) is 5.69 Å². The highest BCUT2D eigenvalue weighted by Crippen LogP contribution is 2.36. The van der Waals surface area contributed by atoms with E-state index in [9.17, 15) is 19.7 Å². The molecule has 5 rings (SSSR count). The van der Waals surface area contributed by atoms with E-state index in [1.54, 1.807) is 63.2 Å². The van der Waals surface area contributed by atoms with Crippen molar-refractivity contribution in [2.75, 3.05) is 6.61 Å². The number of nitrogens with zero attached hydrogens (tertiary/aromatic N) is 3. The van der Waals surface area contributed by atoms with Gasteiger partial charge in [-0.05, 0) is 62.2 Å². The van der Waals surface area contributed by atoms with Crippen LogP contribution in [0.2, 0.25) is 10.0 Å². The Hall–Kier alpha value is -3.99. The molecule has 0 saturated carbocycles. The second-order valence-corrected chi connectivity index (χ2v) is 10.8. The lowest BCUT2D eigenvalue weighted by atomic mass is 10.0. The van der Waals surface area contributed by atoms with Crippen LogP contribution < -0.4 is 14.9 Å². The zero-order valence-electron chi connectivity index (χ0n) is 21.4. The smallest absolute Gasteiger partial charge is 0.338 e. The maximum Gasteiger partial charge on any atom is 0.338 e. The predicted octanol–water partition coefficient (Wildman–Crippen LogP) is 5.58. The second-order valence-electron chi connectivity index (χ2n) is 8.93. The van der Waals surface area contributed by atoms with E-state index < -0.39 is 22.5 Å². The van der Waals surface area contributed by atoms with Crippen molar-refractivity contribution in [2.24, 2.45) is 4.99 Å². The Morgan fingerprint density at radius 3 is 2.67 bits per heavy atom. The normalized spacial score (nSPS) is 15.1. The molecule has 0 spiro atoms. The Balaban J connectivity index is 1.70. The van der Waals surface area contributed by atoms with Crippen LogP contribution in [0.15, 0.2) is 74.0 Å². The van der Waals surface area contributed by atoms with Crippen molar-refractivity contribution >= 4 is 52.3 Å². The third-order valence-electron chi connectivity index (χ3n) is 6.36. The lowest BCUT2D eigenvalue weighted by Crippen LogP contribution is -2.39. The first-order valence-electron chi connectivity index (χ1n) is 12.1. The molecule has 1 atom stereocenters. The van der Waals surface area contributed by atoms with Crippen molar-refractivity contribution in [3.05, 3.63) is 117 Å². The number of ether oxygens (including phenoxy) is 1. The van der Waals surface area contributed by atoms with Crippen LogP contribution >= 0.6 is 34.5 Å². The standard InChI is InChI=1S/C28H21Cl2N3O6S/c1-4-38-27(35)24-15(3)31-28-32(26(34)23(40-28)11-16-6-7-17(29)12-20(16)30)25(24)22-10-9-21(39-22)19-13-18(33(36)37)8-5-14(19)2/h5-13,25H,4H2,1-3H3/b23-11-/t25-/m0/s1. The molecule has 0 bridgehead atoms. The lowest BCUT2D eigenvalue weighted by molar-refractivity contribution is -0.384. The molecule has 3 heterocycles. The Morgan fingerprint density at radius 2 is 1.98 bits per heavy atom. The summed E-state index contributed by atoms with van der Waals surface area (Å²) in [6.45, 7) is 5.28. The summed E-state index contributed by atoms with van der Waals surface area (Å²) in [4.78, 5) is 42.7. The Bertz CT molecular complexity index is 1900. The molecule has 0 fully saturated rings. The first-order valence-corrected chi connectivity index (χ1v) is 13.7. The van der Waals surface area contributed by atoms with E-state index in [4.69, 9.17) is 32.4 Å². The number of halogens is 2. The number of fused-ring (bicyclic) bond motifs is 1. The molecule has 0 radical (unpaired) electrons. The molecule has 0 saturated heterocycles. The minimum Gasteiger partial charge on any atom is -0.463 e. The Kier molecular flexibility index (Phi) is 7.50. The van der Waals surface area contributed by atoms with Crippen LogP contribution in [0.5, 0.6) is 0 Å². The van der Waals surface area contributed by atoms with Crippen LogP contribution in [0.25, 0.3) is 17.4 Å². The maximum atomic E-state index is 13.8. The van der Waals surface area contributed by atoms with Gasteiger partial charge in [-0.25, -0.2) is 9.79 Å². The van der Waals surface area contributed by atoms with Gasteiger partial charge in [0, 0.05) is 27.7 Å². The van der Waals surface area contributed by atoms with Gasteiger partial charge in [0.05, 0.1) is 27.3 Å². The topological polar surface area (TPSA) is 117 Å². The number of thiazole rings is 1. The molecule has 0 aliphatic carbocycles. The molecule has 40 heavy (non-hydrogen) atoms. The van der Waals surface area contributed by atoms with E-state index in [0.29, 0.717) is 42.0 Å². The fraction of sp³-hybridized carbons (Fsp3) is 0.179. The van der Waals surface area contributed by atoms with Gasteiger partial charge >= 0.3 is 5.97 Å². The van der Waals surface area contributed by atoms with Crippen LogP contribution in [-0.4, -0.2) is 22.1 Å². The highest BCUT2D eigenvalue weighted by atomic mass is 35.5. The summed E-state index contributed by atoms with van der Waals surface area (Å²) >= 11 is 13.5. The van der Waals surface area contributed by atoms with Crippen LogP contribution in [0.1, 0.15) is 36.8 Å². The molecular weight excluding hydrogens is 577 g/mol. The number of carbonyl (C=O) groups is 1. The van der Waals surface area contributed by atoms with Gasteiger partial charge < -0.3 is 9.15 Å². The third-order valence-corrected chi connectivity index (χ3v) is 7.91. The summed E-state index contributed by atoms with van der Waals surface area (Å²) in [6, 6.07) is 11.7. The summed E-state index contributed by atoms with van der Waals surface area (Å²) in [7, 11) is 0. The fourth-order valence-corrected chi connectivity index (χ4v) is 5.95. The average molecular weight is 598 g/mol. The van der Waals surface area contributed by atoms with Crippen LogP contribution in [-0.2, 0) is 9.53 Å². The van der Waals surface area contributed by atoms with Crippen molar-refractivity contribution in [3.8, 4) is 11.3 Å². The van der Waals surface area contributed by atoms with Gasteiger partial charge in [0.2, 0.25) is 0 Å². The molecule has 12 heteroatoms. The lowest BCUT2D eigenvalue weighted by Gasteiger charge is -2.22. The number of furan rings is 1. The van der Waals surface area contributed by atoms with Crippen molar-refractivity contribution < 1.29 is 18.9 Å². The van der Waals surface area contributed by atoms with Crippen molar-refractivity contribution in [3.63, 3.8) is 0 Å². The summed E-state index contributed by atoms with van der Waals surface area (Å²) in [6.07, 6.45) is 1.64. The van der Waals surface area contributed by atoms with Crippen LogP contribution in [0.3, 0.4) is 0 Å². The summed E-state index contributed by atoms with van der Waals surface area (Å²) in [5.74, 6) is -0.00664. The number of nitro benzene ring substituents is 1. The zero-order chi connectivity index (χ0) is 28.7. The molecular formula is C28H21Cl2N3O6S. The van der Waals surface area contributed by atoms with Crippen molar-refractivity contribution in [1.82, 2.24) is 4.57 Å². The highest BCUT2D eigenvalue weighted by molar-refractivity contribution is 7.07. The average Bonchev–Trinajstić information content (AvgIpc) is 3.50. The third kappa shape index (κ3) is 5.01. The van der Waals surface area contributed by atoms with Gasteiger partial charge in [0.15, 0.2) is 4.80 Å². The van der Waals surface area contributed by atoms with Gasteiger partial charge in [-0.15, -0.1) is 0 Å². The zero-order valence-corrected chi connectivity index (χ0v) is 23.8. The van der Waals surface area contributed by atoms with Crippen LogP contribution in [0, 0.1) is 17.0 Å². The molecule has 1 aliphatic rings. The number of hydrogen-bond acceptors (Lipinski definition) is 8. The quantitative estimate of drug-likeness (QED) is 0.163. The van der Waals surface area contributed by atoms with Crippen molar-refractivity contribution in [1.29, 1.82) is 0 Å². The fourth-order valence-electron chi connectivity index (χ4n) is 4.45. The van der Waals surface area contributed by atoms with E-state index in [0.717, 1.165) is 16.9 Å². The number of aryl methyl sites for hydroxylation is 1. The number of aromatic nitrogens is 1. The molecule has 1 aliphatic heterocycles. The molecule has 0 unspecified atom stereocenters. The second kappa shape index (κ2) is 10.9. The largest absolute Gasteiger partial charge is 0.463 e. The number of benzene rings is 2. The van der Waals surface area contributed by atoms with E-state index in [1.165, 1.54) is 16.7 Å². The molecule has 2 aromatic carbocycles. The number of nitro groups is 1. The number of carbonyl (C=O) groups excluding carboxylic acids is 1. The SMILES string of the molecule is CCOC(=O)C1=C(C)N=c2s/c(=C\c3ccc(Cl)cc3Cl)c(=O)n2[C@H]1c1ccc(-c2cc([N+](=O)[O-])ccc2C)o1. The van der Waals surface area contributed by atoms with E-state index >= 15 is 0 Å². The van der Waals surface area contributed by atoms with Gasteiger partial charge in [-0.1, -0.05) is 46.7 Å². The maximum absolute atomic E-state index is 13.8. The van der Waals surface area contributed by atoms with Crippen molar-refractivity contribution in [2.45, 2.75) is 26.8 Å². The highest BCUT2D eigenvalue weighted by Gasteiger charge is 2.35. The van der Waals surface area contributed by atoms with E-state index in [-0.39, 0.29) is 23.6 Å². The van der Waals surface area contributed by atoms with Gasteiger partial charge in [-0.2, -0.15) is 0 Å². The summed E-state index contributed by atoms with van der Waals surface area (Å²) < 4.78 is 13.2. The first kappa shape index (κ1) is 27.6. The van der Waals surface area contributed by atoms with Gasteiger partial charge in [0.1, 0.15) is 17.6 Å². The molecule has 4 aromatic rings. The van der Waals surface area contributed by atoms with Gasteiger partial charge in [-0.3, -0.25) is 19.5 Å². The number of hydrogen-bond donors (Lipinski definition) is 0. The minimum absolute atomic E-state index is 0.0876.